The number of nitrogens with zero attached hydrogens (tertiary/aromatic N) is 2. The van der Waals surface area contributed by atoms with Crippen molar-refractivity contribution in [3.05, 3.63) is 53.2 Å². The zero-order valence-electron chi connectivity index (χ0n) is 15.0. The minimum absolute atomic E-state index is 0.00770. The SMILES string of the molecule is Cc1cc(CN)cc(Oc2cccc(C(=O)N3CCC(CO)CC3)c2)n1. The second kappa shape index (κ2) is 8.29. The predicted molar refractivity (Wildman–Crippen MR) is 99.1 cm³/mol. The number of amides is 1. The first-order chi connectivity index (χ1) is 12.6. The number of aliphatic hydroxyl groups excluding tert-OH is 1. The maximum Gasteiger partial charge on any atom is 0.253 e. The average Bonchev–Trinajstić information content (AvgIpc) is 2.67. The number of carbonyl (C=O) groups excluding carboxylic acids is 1. The number of aliphatic hydroxyl groups is 1. The molecule has 0 aliphatic carbocycles. The smallest absolute Gasteiger partial charge is 0.253 e. The van der Waals surface area contributed by atoms with E-state index in [4.69, 9.17) is 10.5 Å². The van der Waals surface area contributed by atoms with Crippen LogP contribution in [0.1, 0.15) is 34.5 Å². The summed E-state index contributed by atoms with van der Waals surface area (Å²) in [5.74, 6) is 1.34. The summed E-state index contributed by atoms with van der Waals surface area (Å²) in [6.45, 7) is 3.85. The lowest BCUT2D eigenvalue weighted by Crippen LogP contribution is -2.39. The Bertz CT molecular complexity index is 771. The summed E-state index contributed by atoms with van der Waals surface area (Å²) >= 11 is 0. The van der Waals surface area contributed by atoms with Gasteiger partial charge in [-0.15, -0.1) is 0 Å². The Hall–Kier alpha value is -2.44. The van der Waals surface area contributed by atoms with E-state index < -0.39 is 0 Å². The third-order valence-corrected chi connectivity index (χ3v) is 4.69. The Morgan fingerprint density at radius 1 is 1.31 bits per heavy atom. The highest BCUT2D eigenvalue weighted by molar-refractivity contribution is 5.94. The minimum Gasteiger partial charge on any atom is -0.439 e. The number of hydrogen-bond donors (Lipinski definition) is 2. The van der Waals surface area contributed by atoms with Crippen LogP contribution in [0.3, 0.4) is 0 Å². The Balaban J connectivity index is 1.72. The van der Waals surface area contributed by atoms with E-state index in [0.29, 0.717) is 42.7 Å². The Morgan fingerprint density at radius 3 is 2.77 bits per heavy atom. The second-order valence-corrected chi connectivity index (χ2v) is 6.71. The summed E-state index contributed by atoms with van der Waals surface area (Å²) in [4.78, 5) is 18.9. The molecule has 1 aliphatic heterocycles. The third kappa shape index (κ3) is 4.39. The van der Waals surface area contributed by atoms with E-state index in [0.717, 1.165) is 24.1 Å². The topological polar surface area (TPSA) is 88.7 Å². The van der Waals surface area contributed by atoms with Gasteiger partial charge in [0.15, 0.2) is 0 Å². The van der Waals surface area contributed by atoms with Crippen LogP contribution in [0, 0.1) is 12.8 Å². The van der Waals surface area contributed by atoms with E-state index in [-0.39, 0.29) is 12.5 Å². The fourth-order valence-electron chi connectivity index (χ4n) is 3.19. The standard InChI is InChI=1S/C20H25N3O3/c1-14-9-16(12-21)10-19(22-14)26-18-4-2-3-17(11-18)20(25)23-7-5-15(13-24)6-8-23/h2-4,9-11,15,24H,5-8,12-13,21H2,1H3. The van der Waals surface area contributed by atoms with Crippen LogP contribution in [0.2, 0.25) is 0 Å². The highest BCUT2D eigenvalue weighted by Gasteiger charge is 2.23. The molecule has 3 rings (SSSR count). The molecule has 1 saturated heterocycles. The number of benzene rings is 1. The largest absolute Gasteiger partial charge is 0.439 e. The van der Waals surface area contributed by atoms with Gasteiger partial charge in [0, 0.05) is 43.6 Å². The fourth-order valence-corrected chi connectivity index (χ4v) is 3.19. The van der Waals surface area contributed by atoms with Crippen LogP contribution in [0.5, 0.6) is 11.6 Å². The molecule has 0 saturated carbocycles. The lowest BCUT2D eigenvalue weighted by molar-refractivity contribution is 0.0650. The quantitative estimate of drug-likeness (QED) is 0.860. The van der Waals surface area contributed by atoms with E-state index in [9.17, 15) is 9.90 Å². The maximum absolute atomic E-state index is 12.7. The first kappa shape index (κ1) is 18.4. The van der Waals surface area contributed by atoms with E-state index in [1.807, 2.05) is 24.0 Å². The summed E-state index contributed by atoms with van der Waals surface area (Å²) < 4.78 is 5.84. The van der Waals surface area contributed by atoms with Crippen molar-refractivity contribution < 1.29 is 14.6 Å². The van der Waals surface area contributed by atoms with Crippen molar-refractivity contribution in [1.82, 2.24) is 9.88 Å². The number of aromatic nitrogens is 1. The molecule has 1 aromatic heterocycles. The first-order valence-corrected chi connectivity index (χ1v) is 8.94. The minimum atomic E-state index is -0.00770. The van der Waals surface area contributed by atoms with E-state index in [1.165, 1.54) is 0 Å². The van der Waals surface area contributed by atoms with Gasteiger partial charge in [0.05, 0.1) is 0 Å². The normalized spacial score (nSPS) is 15.1. The number of likely N-dealkylation sites (tertiary alicyclic amines) is 1. The molecule has 138 valence electrons. The van der Waals surface area contributed by atoms with E-state index in [1.54, 1.807) is 24.3 Å². The van der Waals surface area contributed by atoms with Crippen molar-refractivity contribution in [1.29, 1.82) is 0 Å². The van der Waals surface area contributed by atoms with Crippen LogP contribution in [-0.4, -0.2) is 40.6 Å². The second-order valence-electron chi connectivity index (χ2n) is 6.71. The Morgan fingerprint density at radius 2 is 2.08 bits per heavy atom. The van der Waals surface area contributed by atoms with Crippen LogP contribution < -0.4 is 10.5 Å². The number of pyridine rings is 1. The van der Waals surface area contributed by atoms with Gasteiger partial charge in [-0.25, -0.2) is 4.98 Å². The molecule has 0 atom stereocenters. The molecule has 1 amide bonds. The predicted octanol–water partition coefficient (Wildman–Crippen LogP) is 2.49. The van der Waals surface area contributed by atoms with Gasteiger partial charge >= 0.3 is 0 Å². The molecule has 6 nitrogen and oxygen atoms in total. The number of ether oxygens (including phenoxy) is 1. The number of rotatable bonds is 5. The molecule has 0 spiro atoms. The molecule has 6 heteroatoms. The van der Waals surface area contributed by atoms with Gasteiger partial charge in [-0.05, 0) is 55.5 Å². The fraction of sp³-hybridized carbons (Fsp3) is 0.400. The van der Waals surface area contributed by atoms with Crippen molar-refractivity contribution in [2.75, 3.05) is 19.7 Å². The molecule has 26 heavy (non-hydrogen) atoms. The average molecular weight is 355 g/mol. The Kier molecular flexibility index (Phi) is 5.85. The monoisotopic (exact) mass is 355 g/mol. The molecule has 0 radical (unpaired) electrons. The van der Waals surface area contributed by atoms with Crippen molar-refractivity contribution in [3.63, 3.8) is 0 Å². The summed E-state index contributed by atoms with van der Waals surface area (Å²) in [7, 11) is 0. The van der Waals surface area contributed by atoms with Crippen molar-refractivity contribution in [2.24, 2.45) is 11.7 Å². The number of hydrogen-bond acceptors (Lipinski definition) is 5. The molecule has 2 heterocycles. The molecule has 1 aromatic carbocycles. The highest BCUT2D eigenvalue weighted by atomic mass is 16.5. The molecule has 1 aliphatic rings. The number of carbonyl (C=O) groups is 1. The number of aryl methyl sites for hydroxylation is 1. The summed E-state index contributed by atoms with van der Waals surface area (Å²) in [6.07, 6.45) is 1.68. The Labute approximate surface area is 153 Å². The van der Waals surface area contributed by atoms with Crippen LogP contribution >= 0.6 is 0 Å². The third-order valence-electron chi connectivity index (χ3n) is 4.69. The van der Waals surface area contributed by atoms with Gasteiger partial charge < -0.3 is 20.5 Å². The van der Waals surface area contributed by atoms with E-state index in [2.05, 4.69) is 4.98 Å². The van der Waals surface area contributed by atoms with Gasteiger partial charge in [-0.1, -0.05) is 6.07 Å². The lowest BCUT2D eigenvalue weighted by Gasteiger charge is -2.31. The van der Waals surface area contributed by atoms with Gasteiger partial charge in [-0.2, -0.15) is 0 Å². The molecule has 3 N–H and O–H groups in total. The molecule has 0 bridgehead atoms. The summed E-state index contributed by atoms with van der Waals surface area (Å²) in [5, 5.41) is 9.23. The van der Waals surface area contributed by atoms with Crippen LogP contribution in [0.25, 0.3) is 0 Å². The molecule has 0 unspecified atom stereocenters. The van der Waals surface area contributed by atoms with Crippen LogP contribution in [-0.2, 0) is 6.54 Å². The van der Waals surface area contributed by atoms with Gasteiger partial charge in [0.2, 0.25) is 5.88 Å². The van der Waals surface area contributed by atoms with Crippen LogP contribution in [0.15, 0.2) is 36.4 Å². The van der Waals surface area contributed by atoms with Crippen molar-refractivity contribution in [2.45, 2.75) is 26.3 Å². The number of nitrogens with two attached hydrogens (primary N) is 1. The van der Waals surface area contributed by atoms with Crippen molar-refractivity contribution >= 4 is 5.91 Å². The first-order valence-electron chi connectivity index (χ1n) is 8.94. The van der Waals surface area contributed by atoms with Gasteiger partial charge in [-0.3, -0.25) is 4.79 Å². The molecule has 2 aromatic rings. The highest BCUT2D eigenvalue weighted by Crippen LogP contribution is 2.24. The van der Waals surface area contributed by atoms with Crippen LogP contribution in [0.4, 0.5) is 0 Å². The van der Waals surface area contributed by atoms with Gasteiger partial charge in [0.1, 0.15) is 5.75 Å². The summed E-state index contributed by atoms with van der Waals surface area (Å²) in [6, 6.07) is 10.9. The molecule has 1 fully saturated rings. The van der Waals surface area contributed by atoms with E-state index >= 15 is 0 Å². The molecular weight excluding hydrogens is 330 g/mol. The maximum atomic E-state index is 12.7. The number of piperidine rings is 1. The zero-order valence-corrected chi connectivity index (χ0v) is 15.0. The summed E-state index contributed by atoms with van der Waals surface area (Å²) in [5.41, 5.74) is 8.08. The lowest BCUT2D eigenvalue weighted by atomic mass is 9.97. The zero-order chi connectivity index (χ0) is 18.5. The molecular formula is C20H25N3O3. The van der Waals surface area contributed by atoms with Gasteiger partial charge in [0.25, 0.3) is 5.91 Å². The van der Waals surface area contributed by atoms with Crippen molar-refractivity contribution in [3.8, 4) is 11.6 Å².